The van der Waals surface area contributed by atoms with Gasteiger partial charge in [0, 0.05) is 23.8 Å². The van der Waals surface area contributed by atoms with Crippen LogP contribution in [0.4, 0.5) is 5.82 Å². The maximum Gasteiger partial charge on any atom is 0.129 e. The molecule has 1 aromatic heterocycles. The van der Waals surface area contributed by atoms with Gasteiger partial charge >= 0.3 is 0 Å². The Kier molecular flexibility index (Phi) is 4.78. The number of hydrogen-bond donors (Lipinski definition) is 1. The molecule has 3 nitrogen and oxygen atoms in total. The van der Waals surface area contributed by atoms with Crippen LogP contribution in [-0.2, 0) is 0 Å². The number of hydrogen-bond acceptors (Lipinski definition) is 3. The van der Waals surface area contributed by atoms with E-state index in [0.29, 0.717) is 13.1 Å². The molecule has 1 heterocycles. The van der Waals surface area contributed by atoms with E-state index in [1.54, 1.807) is 12.3 Å². The summed E-state index contributed by atoms with van der Waals surface area (Å²) >= 11 is 3.41. The fraction of sp³-hybridized carbons (Fsp3) is 0.364. The van der Waals surface area contributed by atoms with Gasteiger partial charge in [0.2, 0.25) is 0 Å². The Morgan fingerprint density at radius 2 is 2.40 bits per heavy atom. The number of aliphatic hydroxyl groups is 1. The fourth-order valence-electron chi connectivity index (χ4n) is 1.27. The lowest BCUT2D eigenvalue weighted by atomic mass is 10.3. The molecule has 0 aromatic carbocycles. The van der Waals surface area contributed by atoms with Gasteiger partial charge in [-0.15, -0.1) is 6.58 Å². The minimum atomic E-state index is 0.116. The smallest absolute Gasteiger partial charge is 0.129 e. The molecule has 15 heavy (non-hydrogen) atoms. The quantitative estimate of drug-likeness (QED) is 0.833. The van der Waals surface area contributed by atoms with Gasteiger partial charge in [0.25, 0.3) is 0 Å². The van der Waals surface area contributed by atoms with Gasteiger partial charge < -0.3 is 10.0 Å². The minimum absolute atomic E-state index is 0.116. The third-order valence-electron chi connectivity index (χ3n) is 2.08. The number of rotatable bonds is 5. The molecule has 82 valence electrons. The Labute approximate surface area is 98.6 Å². The highest BCUT2D eigenvalue weighted by molar-refractivity contribution is 9.10. The van der Waals surface area contributed by atoms with Crippen molar-refractivity contribution < 1.29 is 5.11 Å². The van der Waals surface area contributed by atoms with Crippen LogP contribution < -0.4 is 4.90 Å². The number of aliphatic hydroxyl groups excluding tert-OH is 1. The summed E-state index contributed by atoms with van der Waals surface area (Å²) in [4.78, 5) is 6.28. The van der Waals surface area contributed by atoms with E-state index in [-0.39, 0.29) is 6.61 Å². The first-order valence-electron chi connectivity index (χ1n) is 4.78. The minimum Gasteiger partial charge on any atom is -0.395 e. The molecule has 1 rings (SSSR count). The van der Waals surface area contributed by atoms with Crippen LogP contribution in [0.25, 0.3) is 0 Å². The van der Waals surface area contributed by atoms with Gasteiger partial charge in [-0.1, -0.05) is 6.08 Å². The van der Waals surface area contributed by atoms with Crippen LogP contribution in [0.2, 0.25) is 0 Å². The van der Waals surface area contributed by atoms with E-state index >= 15 is 0 Å². The van der Waals surface area contributed by atoms with Crippen LogP contribution in [0, 0.1) is 6.92 Å². The molecule has 0 bridgehead atoms. The van der Waals surface area contributed by atoms with Gasteiger partial charge in [-0.3, -0.25) is 0 Å². The van der Waals surface area contributed by atoms with E-state index in [1.165, 1.54) is 0 Å². The molecule has 0 saturated heterocycles. The first kappa shape index (κ1) is 12.2. The second-order valence-electron chi connectivity index (χ2n) is 3.25. The van der Waals surface area contributed by atoms with Crippen molar-refractivity contribution in [3.8, 4) is 0 Å². The molecule has 0 fully saturated rings. The Morgan fingerprint density at radius 1 is 1.67 bits per heavy atom. The number of anilines is 1. The Morgan fingerprint density at radius 3 is 2.93 bits per heavy atom. The summed E-state index contributed by atoms with van der Waals surface area (Å²) in [6.07, 6.45) is 3.58. The largest absolute Gasteiger partial charge is 0.395 e. The highest BCUT2D eigenvalue weighted by Gasteiger charge is 2.06. The number of aryl methyl sites for hydroxylation is 1. The predicted molar refractivity (Wildman–Crippen MR) is 66.2 cm³/mol. The van der Waals surface area contributed by atoms with E-state index in [4.69, 9.17) is 5.11 Å². The van der Waals surface area contributed by atoms with Crippen LogP contribution >= 0.6 is 15.9 Å². The molecular weight excluding hydrogens is 256 g/mol. The average Bonchev–Trinajstić information content (AvgIpc) is 2.22. The van der Waals surface area contributed by atoms with E-state index in [9.17, 15) is 0 Å². The predicted octanol–water partition coefficient (Wildman–Crippen LogP) is 2.14. The Balaban J connectivity index is 2.89. The molecule has 0 amide bonds. The van der Waals surface area contributed by atoms with Crippen LogP contribution in [0.3, 0.4) is 0 Å². The van der Waals surface area contributed by atoms with Crippen LogP contribution in [0.15, 0.2) is 29.4 Å². The third-order valence-corrected chi connectivity index (χ3v) is 2.91. The van der Waals surface area contributed by atoms with Crippen LogP contribution in [0.5, 0.6) is 0 Å². The molecule has 0 aliphatic heterocycles. The second-order valence-corrected chi connectivity index (χ2v) is 4.10. The average molecular weight is 271 g/mol. The summed E-state index contributed by atoms with van der Waals surface area (Å²) in [6, 6.07) is 1.99. The van der Waals surface area contributed by atoms with Crippen molar-refractivity contribution in [2.24, 2.45) is 0 Å². The molecule has 0 aliphatic carbocycles. The summed E-state index contributed by atoms with van der Waals surface area (Å²) in [5.41, 5.74) is 1.13. The number of aromatic nitrogens is 1. The van der Waals surface area contributed by atoms with Crippen molar-refractivity contribution in [3.05, 3.63) is 35.0 Å². The summed E-state index contributed by atoms with van der Waals surface area (Å²) in [5, 5.41) is 8.94. The highest BCUT2D eigenvalue weighted by Crippen LogP contribution is 2.19. The van der Waals surface area contributed by atoms with Crippen molar-refractivity contribution in [1.29, 1.82) is 0 Å². The second kappa shape index (κ2) is 5.88. The van der Waals surface area contributed by atoms with E-state index < -0.39 is 0 Å². The SMILES string of the molecule is C=CCN(CCO)c1cc(C)c(Br)cn1. The van der Waals surface area contributed by atoms with E-state index in [1.807, 2.05) is 17.9 Å². The van der Waals surface area contributed by atoms with Gasteiger partial charge in [0.1, 0.15) is 5.82 Å². The molecule has 1 N–H and O–H groups in total. The van der Waals surface area contributed by atoms with Crippen LogP contribution in [0.1, 0.15) is 5.56 Å². The van der Waals surface area contributed by atoms with Crippen molar-refractivity contribution >= 4 is 21.7 Å². The first-order valence-corrected chi connectivity index (χ1v) is 5.57. The van der Waals surface area contributed by atoms with Gasteiger partial charge in [-0.05, 0) is 34.5 Å². The number of pyridine rings is 1. The summed E-state index contributed by atoms with van der Waals surface area (Å²) in [6.45, 7) is 7.08. The van der Waals surface area contributed by atoms with E-state index in [2.05, 4.69) is 27.5 Å². The summed E-state index contributed by atoms with van der Waals surface area (Å²) in [5.74, 6) is 0.865. The van der Waals surface area contributed by atoms with Crippen molar-refractivity contribution in [2.45, 2.75) is 6.92 Å². The lowest BCUT2D eigenvalue weighted by Gasteiger charge is -2.21. The molecule has 4 heteroatoms. The topological polar surface area (TPSA) is 36.4 Å². The van der Waals surface area contributed by atoms with Crippen molar-refractivity contribution in [3.63, 3.8) is 0 Å². The summed E-state index contributed by atoms with van der Waals surface area (Å²) < 4.78 is 0.994. The molecule has 0 spiro atoms. The number of nitrogens with zero attached hydrogens (tertiary/aromatic N) is 2. The summed E-state index contributed by atoms with van der Waals surface area (Å²) in [7, 11) is 0. The first-order chi connectivity index (χ1) is 7.19. The van der Waals surface area contributed by atoms with Gasteiger partial charge in [-0.25, -0.2) is 4.98 Å². The molecule has 1 aromatic rings. The normalized spacial score (nSPS) is 10.1. The molecule has 0 atom stereocenters. The zero-order chi connectivity index (χ0) is 11.3. The lowest BCUT2D eigenvalue weighted by molar-refractivity contribution is 0.302. The maximum atomic E-state index is 8.94. The monoisotopic (exact) mass is 270 g/mol. The van der Waals surface area contributed by atoms with Gasteiger partial charge in [0.15, 0.2) is 0 Å². The zero-order valence-electron chi connectivity index (χ0n) is 8.78. The number of halogens is 1. The van der Waals surface area contributed by atoms with Crippen molar-refractivity contribution in [2.75, 3.05) is 24.6 Å². The molecular formula is C11H15BrN2O. The van der Waals surface area contributed by atoms with Crippen LogP contribution in [-0.4, -0.2) is 29.8 Å². The lowest BCUT2D eigenvalue weighted by Crippen LogP contribution is -2.27. The molecule has 0 radical (unpaired) electrons. The van der Waals surface area contributed by atoms with Gasteiger partial charge in [-0.2, -0.15) is 0 Å². The highest BCUT2D eigenvalue weighted by atomic mass is 79.9. The Hall–Kier alpha value is -0.870. The standard InChI is InChI=1S/C11H15BrN2O/c1-3-4-14(5-6-15)11-7-9(2)10(12)8-13-11/h3,7-8,15H,1,4-6H2,2H3. The fourth-order valence-corrected chi connectivity index (χ4v) is 1.49. The van der Waals surface area contributed by atoms with E-state index in [0.717, 1.165) is 15.9 Å². The third kappa shape index (κ3) is 3.32. The maximum absolute atomic E-state index is 8.94. The zero-order valence-corrected chi connectivity index (χ0v) is 10.4. The molecule has 0 aliphatic rings. The Bertz CT molecular complexity index is 341. The molecule has 0 saturated carbocycles. The van der Waals surface area contributed by atoms with Gasteiger partial charge in [0.05, 0.1) is 6.61 Å². The van der Waals surface area contributed by atoms with Crippen molar-refractivity contribution in [1.82, 2.24) is 4.98 Å². The molecule has 0 unspecified atom stereocenters.